The summed E-state index contributed by atoms with van der Waals surface area (Å²) in [4.78, 5) is 1.93. The van der Waals surface area contributed by atoms with Gasteiger partial charge in [-0.2, -0.15) is 0 Å². The van der Waals surface area contributed by atoms with E-state index in [-0.39, 0.29) is 6.04 Å². The number of fused-ring (bicyclic) bond motifs is 1. The van der Waals surface area contributed by atoms with Crippen LogP contribution in [0.15, 0.2) is 23.6 Å². The predicted molar refractivity (Wildman–Crippen MR) is 86.7 cm³/mol. The fourth-order valence-electron chi connectivity index (χ4n) is 3.12. The Balaban J connectivity index is 1.91. The van der Waals surface area contributed by atoms with Crippen LogP contribution in [0.1, 0.15) is 12.0 Å². The summed E-state index contributed by atoms with van der Waals surface area (Å²) in [6, 6.07) is 4.81. The Bertz CT molecular complexity index is 691. The SMILES string of the molecule is CN1CC[C@@H](Nc2cccc3c(CC(F)F)c[s+]([O-])c23)[C@H](F)C1. The van der Waals surface area contributed by atoms with Gasteiger partial charge in [0, 0.05) is 30.5 Å². The van der Waals surface area contributed by atoms with Crippen molar-refractivity contribution in [1.29, 1.82) is 0 Å². The van der Waals surface area contributed by atoms with Crippen molar-refractivity contribution in [2.75, 3.05) is 25.5 Å². The van der Waals surface area contributed by atoms with Gasteiger partial charge in [0.2, 0.25) is 11.1 Å². The van der Waals surface area contributed by atoms with Crippen LogP contribution in [0.2, 0.25) is 0 Å². The van der Waals surface area contributed by atoms with E-state index < -0.39 is 29.8 Å². The standard InChI is InChI=1S/C16H19F3N2OS/c1-21-6-5-13(12(17)8-21)20-14-4-2-3-11-10(7-15(18)19)9-23(22)16(11)14/h2-4,9,12-13,15,20H,5-8H2,1H3/t12-,13-,23?/m1/s1. The second-order valence-electron chi connectivity index (χ2n) is 6.04. The number of nitrogens with zero attached hydrogens (tertiary/aromatic N) is 1. The van der Waals surface area contributed by atoms with Crippen LogP contribution in [0.3, 0.4) is 0 Å². The van der Waals surface area contributed by atoms with Crippen molar-refractivity contribution in [3.8, 4) is 0 Å². The van der Waals surface area contributed by atoms with E-state index >= 15 is 0 Å². The first-order valence-corrected chi connectivity index (χ1v) is 8.79. The Morgan fingerprint density at radius 1 is 1.43 bits per heavy atom. The van der Waals surface area contributed by atoms with E-state index in [0.717, 1.165) is 6.54 Å². The van der Waals surface area contributed by atoms with E-state index in [1.54, 1.807) is 18.2 Å². The lowest BCUT2D eigenvalue weighted by molar-refractivity contribution is 0.149. The molecule has 1 aliphatic heterocycles. The third-order valence-electron chi connectivity index (χ3n) is 4.27. The Labute approximate surface area is 135 Å². The van der Waals surface area contributed by atoms with Gasteiger partial charge in [-0.25, -0.2) is 13.2 Å². The van der Waals surface area contributed by atoms with Gasteiger partial charge in [-0.1, -0.05) is 6.07 Å². The molecule has 0 spiro atoms. The molecule has 2 heterocycles. The van der Waals surface area contributed by atoms with Crippen molar-refractivity contribution in [2.45, 2.75) is 31.5 Å². The third kappa shape index (κ3) is 3.46. The normalized spacial score (nSPS) is 23.7. The number of anilines is 1. The van der Waals surface area contributed by atoms with E-state index in [2.05, 4.69) is 5.32 Å². The molecule has 3 nitrogen and oxygen atoms in total. The number of thiophene rings is 1. The van der Waals surface area contributed by atoms with Gasteiger partial charge in [0.25, 0.3) is 0 Å². The average Bonchev–Trinajstić information content (AvgIpc) is 2.79. The van der Waals surface area contributed by atoms with Crippen LogP contribution in [0.4, 0.5) is 18.9 Å². The van der Waals surface area contributed by atoms with Gasteiger partial charge in [0.05, 0.1) is 11.7 Å². The lowest BCUT2D eigenvalue weighted by atomic mass is 10.0. The quantitative estimate of drug-likeness (QED) is 0.857. The summed E-state index contributed by atoms with van der Waals surface area (Å²) in [5.41, 5.74) is 0.982. The Morgan fingerprint density at radius 2 is 2.22 bits per heavy atom. The molecule has 2 aromatic rings. The third-order valence-corrected chi connectivity index (χ3v) is 5.61. The summed E-state index contributed by atoms with van der Waals surface area (Å²) in [7, 11) is 0.404. The van der Waals surface area contributed by atoms with Crippen LogP contribution in [0.25, 0.3) is 10.1 Å². The van der Waals surface area contributed by atoms with Crippen molar-refractivity contribution in [3.63, 3.8) is 0 Å². The number of halogens is 3. The Morgan fingerprint density at radius 3 is 2.91 bits per heavy atom. The molecule has 1 fully saturated rings. The monoisotopic (exact) mass is 344 g/mol. The van der Waals surface area contributed by atoms with Gasteiger partial charge in [0.1, 0.15) is 11.6 Å². The molecule has 3 rings (SSSR count). The molecular formula is C16H19F3N2OS. The molecule has 1 unspecified atom stereocenters. The zero-order valence-electron chi connectivity index (χ0n) is 12.8. The summed E-state index contributed by atoms with van der Waals surface area (Å²) < 4.78 is 52.3. The minimum absolute atomic E-state index is 0.352. The average molecular weight is 344 g/mol. The summed E-state index contributed by atoms with van der Waals surface area (Å²) >= 11 is 0. The van der Waals surface area contributed by atoms with Gasteiger partial charge >= 0.3 is 0 Å². The summed E-state index contributed by atoms with van der Waals surface area (Å²) in [5.74, 6) is 0. The highest BCUT2D eigenvalue weighted by atomic mass is 32.2. The number of hydrogen-bond acceptors (Lipinski definition) is 3. The smallest absolute Gasteiger partial charge is 0.242 e. The highest BCUT2D eigenvalue weighted by Gasteiger charge is 2.29. The van der Waals surface area contributed by atoms with Crippen molar-refractivity contribution >= 4 is 26.5 Å². The van der Waals surface area contributed by atoms with Crippen LogP contribution in [-0.2, 0) is 6.42 Å². The van der Waals surface area contributed by atoms with Gasteiger partial charge < -0.3 is 14.8 Å². The molecule has 0 aliphatic carbocycles. The summed E-state index contributed by atoms with van der Waals surface area (Å²) in [5, 5.41) is 5.10. The highest BCUT2D eigenvalue weighted by molar-refractivity contribution is 7.30. The Kier molecular flexibility index (Phi) is 4.79. The van der Waals surface area contributed by atoms with Gasteiger partial charge in [-0.15, -0.1) is 0 Å². The molecule has 126 valence electrons. The van der Waals surface area contributed by atoms with E-state index in [0.29, 0.717) is 34.3 Å². The first kappa shape index (κ1) is 16.5. The largest absolute Gasteiger partial charge is 0.590 e. The zero-order chi connectivity index (χ0) is 16.6. The maximum atomic E-state index is 14.2. The topological polar surface area (TPSA) is 38.3 Å². The van der Waals surface area contributed by atoms with Crippen LogP contribution in [0.5, 0.6) is 0 Å². The molecule has 7 heteroatoms. The van der Waals surface area contributed by atoms with Crippen molar-refractivity contribution in [1.82, 2.24) is 4.90 Å². The lowest BCUT2D eigenvalue weighted by Crippen LogP contribution is -2.46. The van der Waals surface area contributed by atoms with Crippen molar-refractivity contribution in [3.05, 3.63) is 29.1 Å². The number of benzene rings is 1. The maximum absolute atomic E-state index is 14.2. The van der Waals surface area contributed by atoms with Crippen molar-refractivity contribution < 1.29 is 17.7 Å². The maximum Gasteiger partial charge on any atom is 0.242 e. The molecule has 0 radical (unpaired) electrons. The van der Waals surface area contributed by atoms with E-state index in [4.69, 9.17) is 0 Å². The van der Waals surface area contributed by atoms with E-state index in [1.165, 1.54) is 5.38 Å². The van der Waals surface area contributed by atoms with Crippen LogP contribution < -0.4 is 5.32 Å². The fraction of sp³-hybridized carbons (Fsp3) is 0.500. The summed E-state index contributed by atoms with van der Waals surface area (Å²) in [6.07, 6.45) is -3.27. The second kappa shape index (κ2) is 6.67. The van der Waals surface area contributed by atoms with E-state index in [1.807, 2.05) is 11.9 Å². The fourth-order valence-corrected chi connectivity index (χ4v) is 4.47. The molecule has 1 aromatic heterocycles. The molecular weight excluding hydrogens is 325 g/mol. The first-order chi connectivity index (χ1) is 11.0. The Hall–Kier alpha value is -1.31. The molecule has 1 N–H and O–H groups in total. The molecule has 0 amide bonds. The molecule has 3 atom stereocenters. The lowest BCUT2D eigenvalue weighted by Gasteiger charge is -2.33. The van der Waals surface area contributed by atoms with Gasteiger partial charge in [-0.05, 0) is 36.4 Å². The minimum atomic E-state index is -2.48. The van der Waals surface area contributed by atoms with E-state index in [9.17, 15) is 17.7 Å². The number of piperidine rings is 1. The molecule has 1 saturated heterocycles. The van der Waals surface area contributed by atoms with Crippen LogP contribution in [-0.4, -0.2) is 48.2 Å². The number of rotatable bonds is 4. The van der Waals surface area contributed by atoms with Gasteiger partial charge in [0.15, 0.2) is 0 Å². The number of nitrogens with one attached hydrogen (secondary N) is 1. The van der Waals surface area contributed by atoms with Crippen LogP contribution in [0, 0.1) is 0 Å². The molecule has 23 heavy (non-hydrogen) atoms. The molecule has 1 aliphatic rings. The molecule has 0 saturated carbocycles. The first-order valence-electron chi connectivity index (χ1n) is 7.57. The second-order valence-corrected chi connectivity index (χ2v) is 7.27. The van der Waals surface area contributed by atoms with Crippen LogP contribution >= 0.6 is 10.8 Å². The number of likely N-dealkylation sites (tertiary alicyclic amines) is 1. The number of hydrogen-bond donors (Lipinski definition) is 1. The predicted octanol–water partition coefficient (Wildman–Crippen LogP) is 3.83. The molecule has 1 aromatic carbocycles. The molecule has 0 bridgehead atoms. The van der Waals surface area contributed by atoms with Crippen molar-refractivity contribution in [2.24, 2.45) is 0 Å². The zero-order valence-corrected chi connectivity index (χ0v) is 13.6. The number of alkyl halides is 3. The highest BCUT2D eigenvalue weighted by Crippen LogP contribution is 2.39. The summed E-state index contributed by atoms with van der Waals surface area (Å²) in [6.45, 7) is 1.13. The van der Waals surface area contributed by atoms with Gasteiger partial charge in [-0.3, -0.25) is 0 Å². The minimum Gasteiger partial charge on any atom is -0.590 e.